The van der Waals surface area contributed by atoms with Crippen molar-refractivity contribution in [2.45, 2.75) is 39.0 Å². The van der Waals surface area contributed by atoms with Crippen LogP contribution in [0.1, 0.15) is 31.4 Å². The van der Waals surface area contributed by atoms with Crippen LogP contribution in [0.15, 0.2) is 18.2 Å². The maximum Gasteiger partial charge on any atom is 0.0435 e. The van der Waals surface area contributed by atoms with E-state index in [2.05, 4.69) is 26.0 Å². The molecule has 0 saturated carbocycles. The summed E-state index contributed by atoms with van der Waals surface area (Å²) in [4.78, 5) is 0. The van der Waals surface area contributed by atoms with Crippen LogP contribution in [-0.2, 0) is 6.42 Å². The number of hydrogen-bond acceptors (Lipinski definition) is 0. The van der Waals surface area contributed by atoms with Gasteiger partial charge in [0, 0.05) is 10.4 Å². The summed E-state index contributed by atoms with van der Waals surface area (Å²) in [6, 6.07) is 6.22. The molecule has 15 heavy (non-hydrogen) atoms. The highest BCUT2D eigenvalue weighted by molar-refractivity contribution is 6.31. The molecule has 1 rings (SSSR count). The summed E-state index contributed by atoms with van der Waals surface area (Å²) >= 11 is 12.1. The Morgan fingerprint density at radius 1 is 1.33 bits per heavy atom. The normalized spacial score (nSPS) is 15.0. The maximum absolute atomic E-state index is 6.14. The Morgan fingerprint density at radius 2 is 2.00 bits per heavy atom. The lowest BCUT2D eigenvalue weighted by atomic mass is 9.93. The van der Waals surface area contributed by atoms with Crippen LogP contribution in [0.4, 0.5) is 0 Å². The molecule has 0 saturated heterocycles. The summed E-state index contributed by atoms with van der Waals surface area (Å²) in [6.45, 7) is 6.29. The summed E-state index contributed by atoms with van der Waals surface area (Å²) < 4.78 is 0. The molecular weight excluding hydrogens is 227 g/mol. The molecule has 0 N–H and O–H groups in total. The Hall–Kier alpha value is -0.200. The van der Waals surface area contributed by atoms with Gasteiger partial charge in [0.1, 0.15) is 0 Å². The van der Waals surface area contributed by atoms with E-state index in [1.54, 1.807) is 0 Å². The molecule has 2 atom stereocenters. The number of alkyl halides is 1. The van der Waals surface area contributed by atoms with Gasteiger partial charge in [-0.05, 0) is 43.4 Å². The zero-order chi connectivity index (χ0) is 11.4. The molecule has 84 valence electrons. The van der Waals surface area contributed by atoms with Gasteiger partial charge in [-0.2, -0.15) is 0 Å². The molecule has 0 heterocycles. The second kappa shape index (κ2) is 5.77. The average molecular weight is 245 g/mol. The molecule has 0 radical (unpaired) electrons. The average Bonchev–Trinajstić information content (AvgIpc) is 2.19. The van der Waals surface area contributed by atoms with Crippen LogP contribution in [0.5, 0.6) is 0 Å². The number of halogens is 2. The van der Waals surface area contributed by atoms with Crippen molar-refractivity contribution in [3.63, 3.8) is 0 Å². The largest absolute Gasteiger partial charge is 0.123 e. The second-order valence-electron chi connectivity index (χ2n) is 4.13. The standard InChI is InChI=1S/C13H18Cl2/c1-4-12(10(3)14)8-11-5-6-13(15)9(2)7-11/h5-7,10,12H,4,8H2,1-3H3. The molecule has 0 spiro atoms. The SMILES string of the molecule is CCC(Cc1ccc(Cl)c(C)c1)C(C)Cl. The van der Waals surface area contributed by atoms with Crippen LogP contribution in [0.25, 0.3) is 0 Å². The zero-order valence-electron chi connectivity index (χ0n) is 9.56. The molecule has 0 aromatic heterocycles. The van der Waals surface area contributed by atoms with Crippen molar-refractivity contribution in [2.24, 2.45) is 5.92 Å². The van der Waals surface area contributed by atoms with Crippen molar-refractivity contribution < 1.29 is 0 Å². The summed E-state index contributed by atoms with van der Waals surface area (Å²) in [5, 5.41) is 1.07. The van der Waals surface area contributed by atoms with Crippen LogP contribution in [0.2, 0.25) is 5.02 Å². The number of rotatable bonds is 4. The molecule has 2 heteroatoms. The first kappa shape index (κ1) is 12.9. The van der Waals surface area contributed by atoms with E-state index in [0.717, 1.165) is 23.4 Å². The minimum absolute atomic E-state index is 0.228. The van der Waals surface area contributed by atoms with Gasteiger partial charge >= 0.3 is 0 Å². The van der Waals surface area contributed by atoms with Crippen molar-refractivity contribution in [1.82, 2.24) is 0 Å². The number of aryl methyl sites for hydroxylation is 1. The summed E-state index contributed by atoms with van der Waals surface area (Å²) in [5.41, 5.74) is 2.47. The fourth-order valence-electron chi connectivity index (χ4n) is 1.77. The van der Waals surface area contributed by atoms with Gasteiger partial charge in [0.25, 0.3) is 0 Å². The van der Waals surface area contributed by atoms with Crippen LogP contribution in [0.3, 0.4) is 0 Å². The fourth-order valence-corrected chi connectivity index (χ4v) is 2.15. The van der Waals surface area contributed by atoms with Gasteiger partial charge < -0.3 is 0 Å². The van der Waals surface area contributed by atoms with Gasteiger partial charge in [0.15, 0.2) is 0 Å². The minimum Gasteiger partial charge on any atom is -0.123 e. The highest BCUT2D eigenvalue weighted by atomic mass is 35.5. The molecule has 0 bridgehead atoms. The zero-order valence-corrected chi connectivity index (χ0v) is 11.1. The molecule has 0 fully saturated rings. The predicted octanol–water partition coefficient (Wildman–Crippen LogP) is 4.84. The number of benzene rings is 1. The molecular formula is C13H18Cl2. The third kappa shape index (κ3) is 3.70. The lowest BCUT2D eigenvalue weighted by Gasteiger charge is -2.17. The molecule has 0 aliphatic carbocycles. The van der Waals surface area contributed by atoms with E-state index < -0.39 is 0 Å². The van der Waals surface area contributed by atoms with Crippen molar-refractivity contribution in [3.8, 4) is 0 Å². The topological polar surface area (TPSA) is 0 Å². The van der Waals surface area contributed by atoms with Gasteiger partial charge in [-0.1, -0.05) is 37.1 Å². The van der Waals surface area contributed by atoms with Crippen molar-refractivity contribution >= 4 is 23.2 Å². The molecule has 1 aromatic rings. The highest BCUT2D eigenvalue weighted by Crippen LogP contribution is 2.23. The molecule has 2 unspecified atom stereocenters. The molecule has 0 nitrogen and oxygen atoms in total. The first-order valence-corrected chi connectivity index (χ1v) is 6.25. The summed E-state index contributed by atoms with van der Waals surface area (Å²) in [7, 11) is 0. The van der Waals surface area contributed by atoms with E-state index in [-0.39, 0.29) is 5.38 Å². The smallest absolute Gasteiger partial charge is 0.0435 e. The fraction of sp³-hybridized carbons (Fsp3) is 0.538. The summed E-state index contributed by atoms with van der Waals surface area (Å²) in [5.74, 6) is 0.548. The lowest BCUT2D eigenvalue weighted by Crippen LogP contribution is -2.13. The molecule has 1 aromatic carbocycles. The van der Waals surface area contributed by atoms with Gasteiger partial charge in [-0.3, -0.25) is 0 Å². The lowest BCUT2D eigenvalue weighted by molar-refractivity contribution is 0.497. The molecule has 0 aliphatic heterocycles. The first-order valence-electron chi connectivity index (χ1n) is 5.43. The Kier molecular flexibility index (Phi) is 4.95. The van der Waals surface area contributed by atoms with E-state index in [0.29, 0.717) is 5.92 Å². The van der Waals surface area contributed by atoms with E-state index in [1.807, 2.05) is 13.0 Å². The summed E-state index contributed by atoms with van der Waals surface area (Å²) in [6.07, 6.45) is 2.16. The Bertz CT molecular complexity index is 318. The first-order chi connectivity index (χ1) is 7.04. The molecule has 0 amide bonds. The van der Waals surface area contributed by atoms with Crippen LogP contribution in [-0.4, -0.2) is 5.38 Å². The van der Waals surface area contributed by atoms with E-state index in [4.69, 9.17) is 23.2 Å². The monoisotopic (exact) mass is 244 g/mol. The van der Waals surface area contributed by atoms with E-state index >= 15 is 0 Å². The Balaban J connectivity index is 2.75. The minimum atomic E-state index is 0.228. The maximum atomic E-state index is 6.14. The van der Waals surface area contributed by atoms with Crippen LogP contribution >= 0.6 is 23.2 Å². The van der Waals surface area contributed by atoms with Crippen molar-refractivity contribution in [3.05, 3.63) is 34.3 Å². The third-order valence-corrected chi connectivity index (χ3v) is 3.67. The van der Waals surface area contributed by atoms with Gasteiger partial charge in [0.05, 0.1) is 0 Å². The van der Waals surface area contributed by atoms with E-state index in [1.165, 1.54) is 5.56 Å². The Morgan fingerprint density at radius 3 is 2.47 bits per heavy atom. The number of hydrogen-bond donors (Lipinski definition) is 0. The predicted molar refractivity (Wildman–Crippen MR) is 69.0 cm³/mol. The Labute approximate surface area is 103 Å². The van der Waals surface area contributed by atoms with Crippen molar-refractivity contribution in [2.75, 3.05) is 0 Å². The quantitative estimate of drug-likeness (QED) is 0.665. The second-order valence-corrected chi connectivity index (χ2v) is 5.23. The van der Waals surface area contributed by atoms with Crippen molar-refractivity contribution in [1.29, 1.82) is 0 Å². The van der Waals surface area contributed by atoms with Gasteiger partial charge in [0.2, 0.25) is 0 Å². The van der Waals surface area contributed by atoms with Gasteiger partial charge in [-0.15, -0.1) is 11.6 Å². The van der Waals surface area contributed by atoms with Gasteiger partial charge in [-0.25, -0.2) is 0 Å². The third-order valence-electron chi connectivity index (χ3n) is 2.89. The van der Waals surface area contributed by atoms with Crippen LogP contribution < -0.4 is 0 Å². The molecule has 0 aliphatic rings. The highest BCUT2D eigenvalue weighted by Gasteiger charge is 2.13. The van der Waals surface area contributed by atoms with Crippen LogP contribution in [0, 0.1) is 12.8 Å². The van der Waals surface area contributed by atoms with E-state index in [9.17, 15) is 0 Å².